The van der Waals surface area contributed by atoms with Gasteiger partial charge in [-0.2, -0.15) is 0 Å². The second-order valence-electron chi connectivity index (χ2n) is 2.06. The second-order valence-corrected chi connectivity index (χ2v) is 2.06. The third-order valence-electron chi connectivity index (χ3n) is 1.12. The quantitative estimate of drug-likeness (QED) is 0.316. The molecule has 0 atom stereocenters. The number of para-hydroxylation sites is 2. The number of hydrogen-bond acceptors (Lipinski definition) is 3. The number of esters is 1. The molecular weight excluding hydrogens is 178 g/mol. The van der Waals surface area contributed by atoms with Gasteiger partial charge >= 0.3 is 35.5 Å². The van der Waals surface area contributed by atoms with Crippen molar-refractivity contribution in [1.29, 1.82) is 0 Å². The van der Waals surface area contributed by atoms with E-state index in [1.54, 1.807) is 12.1 Å². The number of carbonyl (C=O) groups excluding carboxylic acids is 1. The van der Waals surface area contributed by atoms with E-state index in [1.807, 2.05) is 0 Å². The van der Waals surface area contributed by atoms with Crippen molar-refractivity contribution < 1.29 is 45.6 Å². The summed E-state index contributed by atoms with van der Waals surface area (Å²) in [7, 11) is 0. The zero-order chi connectivity index (χ0) is 8.27. The Morgan fingerprint density at radius 3 is 2.46 bits per heavy atom. The maximum Gasteiger partial charge on any atom is 1.00 e. The van der Waals surface area contributed by atoms with Gasteiger partial charge < -0.3 is 11.3 Å². The molecule has 1 aromatic carbocycles. The van der Waals surface area contributed by atoms with Gasteiger partial charge in [-0.3, -0.25) is 4.79 Å². The van der Waals surface area contributed by atoms with E-state index in [4.69, 9.17) is 5.11 Å². The molecule has 0 fully saturated rings. The van der Waals surface area contributed by atoms with Crippen LogP contribution in [-0.2, 0) is 4.79 Å². The fourth-order valence-corrected chi connectivity index (χ4v) is 0.698. The first-order valence-corrected chi connectivity index (χ1v) is 3.16. The van der Waals surface area contributed by atoms with Gasteiger partial charge in [-0.15, -0.1) is 0 Å². The molecule has 3 radical (unpaired) electrons. The molecule has 0 amide bonds. The fraction of sp³-hybridized carbons (Fsp3) is 0.125. The van der Waals surface area contributed by atoms with Gasteiger partial charge in [0.05, 0.1) is 0 Å². The predicted molar refractivity (Wildman–Crippen MR) is 46.3 cm³/mol. The van der Waals surface area contributed by atoms with Gasteiger partial charge in [-0.25, -0.2) is 0 Å². The Balaban J connectivity index is -0.000000403. The molecule has 0 unspecified atom stereocenters. The van der Waals surface area contributed by atoms with Crippen molar-refractivity contribution in [2.75, 3.05) is 0 Å². The number of carbonyl (C=O) groups is 1. The summed E-state index contributed by atoms with van der Waals surface area (Å²) in [5, 5.41) is 9.08. The zero-order valence-corrected chi connectivity index (χ0v) is 9.65. The standard InChI is InChI=1S/C8H8O3.B.Na.H/c1-6(9)11-8-5-3-2-4-7(8)10;;;/h2-5,10H,1H3;;;/q;;+1;-1. The van der Waals surface area contributed by atoms with Crippen molar-refractivity contribution >= 4 is 14.4 Å². The van der Waals surface area contributed by atoms with E-state index >= 15 is 0 Å². The van der Waals surface area contributed by atoms with Crippen LogP contribution in [0.3, 0.4) is 0 Å². The third-order valence-corrected chi connectivity index (χ3v) is 1.12. The first-order valence-electron chi connectivity index (χ1n) is 3.16. The van der Waals surface area contributed by atoms with Gasteiger partial charge in [0.25, 0.3) is 0 Å². The molecule has 0 aliphatic rings. The maximum atomic E-state index is 10.4. The Labute approximate surface area is 102 Å². The van der Waals surface area contributed by atoms with Crippen LogP contribution in [-0.4, -0.2) is 19.5 Å². The topological polar surface area (TPSA) is 46.5 Å². The van der Waals surface area contributed by atoms with Crippen LogP contribution in [0.1, 0.15) is 8.35 Å². The molecule has 0 bridgehead atoms. The van der Waals surface area contributed by atoms with Crippen molar-refractivity contribution in [2.45, 2.75) is 6.92 Å². The van der Waals surface area contributed by atoms with E-state index in [9.17, 15) is 4.79 Å². The fourth-order valence-electron chi connectivity index (χ4n) is 0.698. The Bertz CT molecular complexity index is 283. The van der Waals surface area contributed by atoms with Crippen LogP contribution >= 0.6 is 0 Å². The molecule has 0 saturated heterocycles. The van der Waals surface area contributed by atoms with Crippen molar-refractivity contribution in [2.24, 2.45) is 0 Å². The Morgan fingerprint density at radius 1 is 1.46 bits per heavy atom. The number of phenolic OH excluding ortho intramolecular Hbond substituents is 1. The number of hydrogen-bond donors (Lipinski definition) is 1. The Morgan fingerprint density at radius 2 is 2.00 bits per heavy atom. The number of phenols is 1. The SMILES string of the molecule is CC(=O)Oc1ccccc1O.[B].[H-].[Na+]. The van der Waals surface area contributed by atoms with Crippen molar-refractivity contribution in [3.05, 3.63) is 24.3 Å². The van der Waals surface area contributed by atoms with E-state index in [1.165, 1.54) is 19.1 Å². The van der Waals surface area contributed by atoms with Crippen LogP contribution < -0.4 is 34.3 Å². The summed E-state index contributed by atoms with van der Waals surface area (Å²) in [4.78, 5) is 10.4. The Kier molecular flexibility index (Phi) is 8.11. The van der Waals surface area contributed by atoms with Crippen LogP contribution in [0.5, 0.6) is 11.5 Å². The van der Waals surface area contributed by atoms with Crippen LogP contribution in [0.2, 0.25) is 0 Å². The van der Waals surface area contributed by atoms with E-state index in [2.05, 4.69) is 4.74 Å². The molecule has 3 nitrogen and oxygen atoms in total. The molecule has 0 heterocycles. The smallest absolute Gasteiger partial charge is 1.00 e. The summed E-state index contributed by atoms with van der Waals surface area (Å²) in [6, 6.07) is 6.31. The predicted octanol–water partition coefficient (Wildman–Crippen LogP) is -1.95. The summed E-state index contributed by atoms with van der Waals surface area (Å²) < 4.78 is 4.66. The van der Waals surface area contributed by atoms with Gasteiger partial charge in [-0.1, -0.05) is 12.1 Å². The van der Waals surface area contributed by atoms with Crippen LogP contribution in [0, 0.1) is 0 Å². The zero-order valence-electron chi connectivity index (χ0n) is 8.65. The molecule has 1 rings (SSSR count). The summed E-state index contributed by atoms with van der Waals surface area (Å²) in [5.41, 5.74) is 0. The van der Waals surface area contributed by atoms with E-state index in [-0.39, 0.29) is 50.9 Å². The summed E-state index contributed by atoms with van der Waals surface area (Å²) >= 11 is 0. The first-order chi connectivity index (χ1) is 5.20. The molecule has 0 aromatic heterocycles. The molecule has 63 valence electrons. The summed E-state index contributed by atoms with van der Waals surface area (Å²) in [6.45, 7) is 1.28. The first kappa shape index (κ1) is 15.0. The van der Waals surface area contributed by atoms with Crippen molar-refractivity contribution in [3.63, 3.8) is 0 Å². The third kappa shape index (κ3) is 4.98. The van der Waals surface area contributed by atoms with Crippen LogP contribution in [0.25, 0.3) is 0 Å². The summed E-state index contributed by atoms with van der Waals surface area (Å²) in [5.74, 6) is -0.269. The number of benzene rings is 1. The van der Waals surface area contributed by atoms with Gasteiger partial charge in [0, 0.05) is 15.3 Å². The number of aromatic hydroxyl groups is 1. The largest absolute Gasteiger partial charge is 1.00 e. The molecule has 0 aliphatic carbocycles. The van der Waals surface area contributed by atoms with Crippen LogP contribution in [0.15, 0.2) is 24.3 Å². The molecule has 1 aromatic rings. The van der Waals surface area contributed by atoms with Crippen LogP contribution in [0.4, 0.5) is 0 Å². The van der Waals surface area contributed by atoms with E-state index in [0.717, 1.165) is 0 Å². The maximum absolute atomic E-state index is 10.4. The average molecular weight is 187 g/mol. The molecule has 1 N–H and O–H groups in total. The minimum Gasteiger partial charge on any atom is -1.00 e. The number of ether oxygens (including phenoxy) is 1. The average Bonchev–Trinajstić information content (AvgIpc) is 1.93. The number of rotatable bonds is 1. The van der Waals surface area contributed by atoms with E-state index in [0.29, 0.717) is 0 Å². The molecule has 0 saturated carbocycles. The molecule has 5 heteroatoms. The van der Waals surface area contributed by atoms with Gasteiger partial charge in [0.1, 0.15) is 0 Å². The minimum absolute atomic E-state index is 0. The van der Waals surface area contributed by atoms with Crippen molar-refractivity contribution in [1.82, 2.24) is 0 Å². The molecule has 0 spiro atoms. The monoisotopic (exact) mass is 187 g/mol. The van der Waals surface area contributed by atoms with Crippen molar-refractivity contribution in [3.8, 4) is 11.5 Å². The second kappa shape index (κ2) is 7.01. The molecule has 13 heavy (non-hydrogen) atoms. The van der Waals surface area contributed by atoms with Gasteiger partial charge in [0.2, 0.25) is 0 Å². The van der Waals surface area contributed by atoms with Gasteiger partial charge in [-0.05, 0) is 12.1 Å². The minimum atomic E-state index is -0.438. The molecular formula is C8H9BNaO3. The summed E-state index contributed by atoms with van der Waals surface area (Å²) in [6.07, 6.45) is 0. The van der Waals surface area contributed by atoms with Gasteiger partial charge in [0.15, 0.2) is 11.5 Å². The Hall–Kier alpha value is -0.445. The molecule has 0 aliphatic heterocycles. The normalized spacial score (nSPS) is 7.77. The van der Waals surface area contributed by atoms with E-state index < -0.39 is 5.97 Å².